The van der Waals surface area contributed by atoms with Gasteiger partial charge in [-0.1, -0.05) is 17.7 Å². The summed E-state index contributed by atoms with van der Waals surface area (Å²) in [5, 5.41) is 21.3. The van der Waals surface area contributed by atoms with Gasteiger partial charge < -0.3 is 10.4 Å². The lowest BCUT2D eigenvalue weighted by atomic mass is 10.0. The zero-order valence-corrected chi connectivity index (χ0v) is 9.12. The van der Waals surface area contributed by atoms with Crippen molar-refractivity contribution in [2.75, 3.05) is 6.54 Å². The van der Waals surface area contributed by atoms with Gasteiger partial charge in [0.25, 0.3) is 0 Å². The van der Waals surface area contributed by atoms with E-state index in [-0.39, 0.29) is 6.04 Å². The smallest absolute Gasteiger partial charge is 0.120 e. The molecular formula is C12H16N2O. The number of phenols is 1. The van der Waals surface area contributed by atoms with Crippen molar-refractivity contribution < 1.29 is 5.11 Å². The minimum Gasteiger partial charge on any atom is -0.508 e. The largest absolute Gasteiger partial charge is 0.508 e. The fraction of sp³-hybridized carbons (Fsp3) is 0.417. The first kappa shape index (κ1) is 11.5. The number of nitrogens with zero attached hydrogens (tertiary/aromatic N) is 1. The highest BCUT2D eigenvalue weighted by atomic mass is 16.3. The van der Waals surface area contributed by atoms with Crippen LogP contribution in [0.3, 0.4) is 0 Å². The summed E-state index contributed by atoms with van der Waals surface area (Å²) >= 11 is 0. The van der Waals surface area contributed by atoms with Crippen molar-refractivity contribution in [1.82, 2.24) is 5.32 Å². The van der Waals surface area contributed by atoms with Crippen LogP contribution in [0.2, 0.25) is 0 Å². The molecule has 1 rings (SSSR count). The van der Waals surface area contributed by atoms with Gasteiger partial charge in [0, 0.05) is 24.6 Å². The summed E-state index contributed by atoms with van der Waals surface area (Å²) in [6.07, 6.45) is 0.483. The lowest BCUT2D eigenvalue weighted by molar-refractivity contribution is 0.453. The van der Waals surface area contributed by atoms with Gasteiger partial charge in [0.05, 0.1) is 6.07 Å². The summed E-state index contributed by atoms with van der Waals surface area (Å²) in [5.41, 5.74) is 2.00. The number of benzene rings is 1. The van der Waals surface area contributed by atoms with Crippen LogP contribution in [0.5, 0.6) is 5.75 Å². The Balaban J connectivity index is 2.69. The van der Waals surface area contributed by atoms with E-state index in [4.69, 9.17) is 5.26 Å². The molecule has 0 radical (unpaired) electrons. The minimum atomic E-state index is 0.0678. The molecule has 0 amide bonds. The van der Waals surface area contributed by atoms with Gasteiger partial charge in [-0.2, -0.15) is 5.26 Å². The maximum atomic E-state index is 9.66. The molecular weight excluding hydrogens is 188 g/mol. The van der Waals surface area contributed by atoms with E-state index in [0.29, 0.717) is 18.7 Å². The van der Waals surface area contributed by atoms with Gasteiger partial charge in [-0.25, -0.2) is 0 Å². The predicted octanol–water partition coefficient (Wildman–Crippen LogP) is 2.26. The molecule has 3 nitrogen and oxygen atoms in total. The van der Waals surface area contributed by atoms with Crippen molar-refractivity contribution in [3.8, 4) is 11.8 Å². The Morgan fingerprint density at radius 2 is 2.27 bits per heavy atom. The minimum absolute atomic E-state index is 0.0678. The van der Waals surface area contributed by atoms with Crippen molar-refractivity contribution in [2.24, 2.45) is 0 Å². The van der Waals surface area contributed by atoms with Gasteiger partial charge >= 0.3 is 0 Å². The van der Waals surface area contributed by atoms with Crippen LogP contribution < -0.4 is 5.32 Å². The van der Waals surface area contributed by atoms with Crippen LogP contribution >= 0.6 is 0 Å². The summed E-state index contributed by atoms with van der Waals surface area (Å²) in [6, 6.07) is 7.68. The third-order valence-corrected chi connectivity index (χ3v) is 2.34. The normalized spacial score (nSPS) is 12.1. The molecule has 1 atom stereocenters. The van der Waals surface area contributed by atoms with Crippen molar-refractivity contribution in [2.45, 2.75) is 26.3 Å². The van der Waals surface area contributed by atoms with E-state index in [1.807, 2.05) is 26.0 Å². The molecule has 0 heterocycles. The molecule has 0 saturated heterocycles. The van der Waals surface area contributed by atoms with E-state index in [9.17, 15) is 5.11 Å². The molecule has 0 aliphatic rings. The lowest BCUT2D eigenvalue weighted by Crippen LogP contribution is -2.19. The van der Waals surface area contributed by atoms with Crippen molar-refractivity contribution in [3.05, 3.63) is 29.3 Å². The summed E-state index contributed by atoms with van der Waals surface area (Å²) in [7, 11) is 0. The number of nitrogens with one attached hydrogen (secondary N) is 1. The summed E-state index contributed by atoms with van der Waals surface area (Å²) in [5.74, 6) is 0.303. The molecule has 1 aromatic carbocycles. The molecule has 0 saturated carbocycles. The number of hydrogen-bond acceptors (Lipinski definition) is 3. The van der Waals surface area contributed by atoms with E-state index in [0.717, 1.165) is 11.1 Å². The van der Waals surface area contributed by atoms with Crippen LogP contribution in [0.15, 0.2) is 18.2 Å². The van der Waals surface area contributed by atoms with Crippen molar-refractivity contribution in [3.63, 3.8) is 0 Å². The second-order valence-corrected chi connectivity index (χ2v) is 3.65. The Morgan fingerprint density at radius 1 is 1.53 bits per heavy atom. The molecule has 15 heavy (non-hydrogen) atoms. The molecule has 0 fully saturated rings. The molecule has 1 unspecified atom stereocenters. The van der Waals surface area contributed by atoms with E-state index in [1.165, 1.54) is 0 Å². The summed E-state index contributed by atoms with van der Waals surface area (Å²) in [6.45, 7) is 4.61. The highest BCUT2D eigenvalue weighted by Gasteiger charge is 2.09. The van der Waals surface area contributed by atoms with Crippen LogP contribution in [-0.4, -0.2) is 11.7 Å². The van der Waals surface area contributed by atoms with Crippen LogP contribution in [0, 0.1) is 18.3 Å². The Hall–Kier alpha value is -1.53. The van der Waals surface area contributed by atoms with E-state index < -0.39 is 0 Å². The molecule has 0 aliphatic carbocycles. The van der Waals surface area contributed by atoms with Gasteiger partial charge in [-0.15, -0.1) is 0 Å². The molecule has 0 spiro atoms. The van der Waals surface area contributed by atoms with Crippen LogP contribution in [-0.2, 0) is 0 Å². The van der Waals surface area contributed by atoms with E-state index in [1.54, 1.807) is 6.07 Å². The van der Waals surface area contributed by atoms with Crippen molar-refractivity contribution in [1.29, 1.82) is 5.26 Å². The quantitative estimate of drug-likeness (QED) is 0.740. The van der Waals surface area contributed by atoms with Crippen molar-refractivity contribution >= 4 is 0 Å². The van der Waals surface area contributed by atoms with Gasteiger partial charge in [0.15, 0.2) is 0 Å². The monoisotopic (exact) mass is 204 g/mol. The number of rotatable bonds is 4. The highest BCUT2D eigenvalue weighted by molar-refractivity contribution is 5.37. The van der Waals surface area contributed by atoms with Crippen LogP contribution in [0.4, 0.5) is 0 Å². The lowest BCUT2D eigenvalue weighted by Gasteiger charge is -2.15. The number of nitriles is 1. The Bertz CT molecular complexity index is 368. The summed E-state index contributed by atoms with van der Waals surface area (Å²) < 4.78 is 0. The predicted molar refractivity (Wildman–Crippen MR) is 59.5 cm³/mol. The van der Waals surface area contributed by atoms with Gasteiger partial charge in [-0.05, 0) is 19.9 Å². The van der Waals surface area contributed by atoms with Crippen LogP contribution in [0.1, 0.15) is 30.5 Å². The fourth-order valence-corrected chi connectivity index (χ4v) is 1.48. The fourth-order valence-electron chi connectivity index (χ4n) is 1.48. The molecule has 1 aromatic rings. The average molecular weight is 204 g/mol. The SMILES string of the molecule is Cc1ccc(O)c(C(C)NCCC#N)c1. The second kappa shape index (κ2) is 5.38. The van der Waals surface area contributed by atoms with Gasteiger partial charge in [0.2, 0.25) is 0 Å². The maximum Gasteiger partial charge on any atom is 0.120 e. The van der Waals surface area contributed by atoms with E-state index in [2.05, 4.69) is 11.4 Å². The molecule has 80 valence electrons. The highest BCUT2D eigenvalue weighted by Crippen LogP contribution is 2.24. The number of aryl methyl sites for hydroxylation is 1. The van der Waals surface area contributed by atoms with Crippen LogP contribution in [0.25, 0.3) is 0 Å². The van der Waals surface area contributed by atoms with E-state index >= 15 is 0 Å². The Morgan fingerprint density at radius 3 is 2.93 bits per heavy atom. The third kappa shape index (κ3) is 3.26. The zero-order chi connectivity index (χ0) is 11.3. The molecule has 3 heteroatoms. The maximum absolute atomic E-state index is 9.66. The summed E-state index contributed by atoms with van der Waals surface area (Å²) in [4.78, 5) is 0. The first-order valence-electron chi connectivity index (χ1n) is 5.05. The number of hydrogen-bond donors (Lipinski definition) is 2. The Kier molecular flexibility index (Phi) is 4.14. The number of aromatic hydroxyl groups is 1. The standard InChI is InChI=1S/C12H16N2O/c1-9-4-5-12(15)11(8-9)10(2)14-7-3-6-13/h4-5,8,10,14-15H,3,7H2,1-2H3. The number of phenolic OH excluding ortho intramolecular Hbond substituents is 1. The first-order valence-corrected chi connectivity index (χ1v) is 5.05. The van der Waals surface area contributed by atoms with Gasteiger partial charge in [-0.3, -0.25) is 0 Å². The molecule has 2 N–H and O–H groups in total. The Labute approximate surface area is 90.4 Å². The molecule has 0 aliphatic heterocycles. The van der Waals surface area contributed by atoms with Gasteiger partial charge in [0.1, 0.15) is 5.75 Å². The third-order valence-electron chi connectivity index (χ3n) is 2.34. The molecule has 0 bridgehead atoms. The average Bonchev–Trinajstić information content (AvgIpc) is 2.22. The first-order chi connectivity index (χ1) is 7.15. The molecule has 0 aromatic heterocycles. The second-order valence-electron chi connectivity index (χ2n) is 3.65. The topological polar surface area (TPSA) is 56.0 Å². The zero-order valence-electron chi connectivity index (χ0n) is 9.12.